The summed E-state index contributed by atoms with van der Waals surface area (Å²) < 4.78 is 11.4. The Morgan fingerprint density at radius 3 is 3.00 bits per heavy atom. The van der Waals surface area contributed by atoms with Crippen LogP contribution >= 0.6 is 0 Å². The van der Waals surface area contributed by atoms with Crippen LogP contribution in [0.25, 0.3) is 0 Å². The summed E-state index contributed by atoms with van der Waals surface area (Å²) in [5, 5.41) is 11.5. The van der Waals surface area contributed by atoms with E-state index in [2.05, 4.69) is 0 Å². The first-order chi connectivity index (χ1) is 11.6. The second-order valence-corrected chi connectivity index (χ2v) is 7.48. The molecule has 0 bridgehead atoms. The van der Waals surface area contributed by atoms with Crippen LogP contribution in [0.15, 0.2) is 17.1 Å². The predicted octanol–water partition coefficient (Wildman–Crippen LogP) is 2.04. The molecule has 24 heavy (non-hydrogen) atoms. The van der Waals surface area contributed by atoms with Gasteiger partial charge in [-0.3, -0.25) is 9.79 Å². The van der Waals surface area contributed by atoms with Crippen molar-refractivity contribution in [3.05, 3.63) is 23.3 Å². The molecule has 2 fully saturated rings. The molecule has 1 heterocycles. The molecule has 0 saturated heterocycles. The monoisotopic (exact) mass is 327 g/mol. The molecular weight excluding hydrogens is 306 g/mol. The van der Waals surface area contributed by atoms with Crippen LogP contribution < -0.4 is 9.47 Å². The molecular formula is C19H21NO4. The molecule has 0 aromatic heterocycles. The predicted molar refractivity (Wildman–Crippen MR) is 88.1 cm³/mol. The van der Waals surface area contributed by atoms with Gasteiger partial charge >= 0.3 is 0 Å². The summed E-state index contributed by atoms with van der Waals surface area (Å²) in [6.07, 6.45) is 3.28. The van der Waals surface area contributed by atoms with Crippen molar-refractivity contribution in [1.29, 1.82) is 0 Å². The maximum Gasteiger partial charge on any atom is 0.174 e. The largest absolute Gasteiger partial charge is 0.493 e. The molecule has 5 heteroatoms. The SMILES string of the molecule is COc1ccc2c3c1OC1C(=O)CC[C@@](O)(C(=NCC4CC4)C2)C31. The van der Waals surface area contributed by atoms with E-state index in [9.17, 15) is 9.90 Å². The van der Waals surface area contributed by atoms with Crippen LogP contribution in [0, 0.1) is 5.92 Å². The van der Waals surface area contributed by atoms with Crippen molar-refractivity contribution in [2.75, 3.05) is 13.7 Å². The molecule has 3 aliphatic carbocycles. The number of ketones is 1. The minimum Gasteiger partial charge on any atom is -0.493 e. The van der Waals surface area contributed by atoms with Gasteiger partial charge in [0.1, 0.15) is 5.60 Å². The van der Waals surface area contributed by atoms with E-state index in [1.807, 2.05) is 12.1 Å². The van der Waals surface area contributed by atoms with Gasteiger partial charge < -0.3 is 14.6 Å². The average Bonchev–Trinajstić information content (AvgIpc) is 3.31. The van der Waals surface area contributed by atoms with Crippen molar-refractivity contribution in [3.63, 3.8) is 0 Å². The zero-order valence-electron chi connectivity index (χ0n) is 13.7. The fourth-order valence-corrected chi connectivity index (χ4v) is 4.49. The summed E-state index contributed by atoms with van der Waals surface area (Å²) in [6, 6.07) is 3.91. The molecule has 2 unspecified atom stereocenters. The summed E-state index contributed by atoms with van der Waals surface area (Å²) in [5.41, 5.74) is 1.84. The molecule has 1 aliphatic heterocycles. The topological polar surface area (TPSA) is 68.1 Å². The van der Waals surface area contributed by atoms with Gasteiger partial charge in [0.2, 0.25) is 0 Å². The molecule has 5 rings (SSSR count). The summed E-state index contributed by atoms with van der Waals surface area (Å²) in [4.78, 5) is 17.2. The molecule has 1 aromatic rings. The van der Waals surface area contributed by atoms with Crippen LogP contribution in [0.2, 0.25) is 0 Å². The minimum absolute atomic E-state index is 0.0670. The molecule has 0 radical (unpaired) electrons. The van der Waals surface area contributed by atoms with E-state index in [1.165, 1.54) is 12.8 Å². The Hall–Kier alpha value is -1.88. The molecule has 1 N–H and O–H groups in total. The third kappa shape index (κ3) is 1.85. The van der Waals surface area contributed by atoms with Gasteiger partial charge in [-0.15, -0.1) is 0 Å². The minimum atomic E-state index is -1.06. The molecule has 126 valence electrons. The lowest BCUT2D eigenvalue weighted by atomic mass is 9.63. The summed E-state index contributed by atoms with van der Waals surface area (Å²) in [6.45, 7) is 0.794. The number of benzene rings is 1. The Morgan fingerprint density at radius 2 is 2.25 bits per heavy atom. The van der Waals surface area contributed by atoms with Gasteiger partial charge in [-0.1, -0.05) is 6.07 Å². The lowest BCUT2D eigenvalue weighted by Gasteiger charge is -2.44. The first kappa shape index (κ1) is 14.5. The van der Waals surface area contributed by atoms with Gasteiger partial charge in [0, 0.05) is 30.7 Å². The Labute approximate surface area is 140 Å². The van der Waals surface area contributed by atoms with Crippen LogP contribution in [0.3, 0.4) is 0 Å². The van der Waals surface area contributed by atoms with Crippen LogP contribution in [0.4, 0.5) is 0 Å². The molecule has 3 atom stereocenters. The second-order valence-electron chi connectivity index (χ2n) is 7.48. The van der Waals surface area contributed by atoms with Crippen molar-refractivity contribution in [3.8, 4) is 11.5 Å². The van der Waals surface area contributed by atoms with Gasteiger partial charge in [-0.2, -0.15) is 0 Å². The van der Waals surface area contributed by atoms with E-state index in [0.717, 1.165) is 23.4 Å². The van der Waals surface area contributed by atoms with E-state index in [-0.39, 0.29) is 11.7 Å². The average molecular weight is 327 g/mol. The highest BCUT2D eigenvalue weighted by Crippen LogP contribution is 2.56. The number of hydrogen-bond acceptors (Lipinski definition) is 5. The van der Waals surface area contributed by atoms with Crippen molar-refractivity contribution >= 4 is 11.5 Å². The highest BCUT2D eigenvalue weighted by Gasteiger charge is 2.60. The number of aliphatic hydroxyl groups is 1. The number of methoxy groups -OCH3 is 1. The lowest BCUT2D eigenvalue weighted by Crippen LogP contribution is -2.56. The summed E-state index contributed by atoms with van der Waals surface area (Å²) >= 11 is 0. The quantitative estimate of drug-likeness (QED) is 0.922. The number of carbonyl (C=O) groups excluding carboxylic acids is 1. The van der Waals surface area contributed by atoms with Crippen molar-refractivity contribution < 1.29 is 19.4 Å². The van der Waals surface area contributed by atoms with Crippen LogP contribution in [-0.2, 0) is 11.2 Å². The zero-order chi connectivity index (χ0) is 16.5. The number of Topliss-reactive ketones (excluding diaryl/α,β-unsaturated/α-hetero) is 1. The number of aliphatic imine (C=N–C) groups is 1. The van der Waals surface area contributed by atoms with Gasteiger partial charge in [0.05, 0.1) is 13.0 Å². The Bertz CT molecular complexity index is 767. The highest BCUT2D eigenvalue weighted by molar-refractivity contribution is 6.02. The maximum atomic E-state index is 12.4. The number of nitrogens with zero attached hydrogens (tertiary/aromatic N) is 1. The highest BCUT2D eigenvalue weighted by atomic mass is 16.5. The molecule has 1 aromatic carbocycles. The maximum absolute atomic E-state index is 12.4. The van der Waals surface area contributed by atoms with Crippen LogP contribution in [-0.4, -0.2) is 42.0 Å². The van der Waals surface area contributed by atoms with Gasteiger partial charge in [0.25, 0.3) is 0 Å². The third-order valence-corrected chi connectivity index (χ3v) is 6.01. The van der Waals surface area contributed by atoms with Gasteiger partial charge in [-0.25, -0.2) is 0 Å². The molecule has 0 spiro atoms. The first-order valence-electron chi connectivity index (χ1n) is 8.77. The fraction of sp³-hybridized carbons (Fsp3) is 0.579. The zero-order valence-corrected chi connectivity index (χ0v) is 13.7. The van der Waals surface area contributed by atoms with Crippen LogP contribution in [0.1, 0.15) is 42.7 Å². The molecule has 4 aliphatic rings. The first-order valence-corrected chi connectivity index (χ1v) is 8.77. The molecule has 2 saturated carbocycles. The van der Waals surface area contributed by atoms with E-state index in [4.69, 9.17) is 14.5 Å². The molecule has 0 amide bonds. The van der Waals surface area contributed by atoms with E-state index in [0.29, 0.717) is 36.7 Å². The van der Waals surface area contributed by atoms with Crippen molar-refractivity contribution in [2.45, 2.75) is 49.7 Å². The second kappa shape index (κ2) is 4.82. The Morgan fingerprint density at radius 1 is 1.42 bits per heavy atom. The van der Waals surface area contributed by atoms with Gasteiger partial charge in [-0.05, 0) is 36.8 Å². The number of ether oxygens (including phenoxy) is 2. The smallest absolute Gasteiger partial charge is 0.174 e. The normalized spacial score (nSPS) is 34.9. The molecule has 5 nitrogen and oxygen atoms in total. The van der Waals surface area contributed by atoms with E-state index < -0.39 is 11.7 Å². The van der Waals surface area contributed by atoms with Crippen LogP contribution in [0.5, 0.6) is 11.5 Å². The van der Waals surface area contributed by atoms with E-state index >= 15 is 0 Å². The van der Waals surface area contributed by atoms with Crippen molar-refractivity contribution in [1.82, 2.24) is 0 Å². The number of carbonyl (C=O) groups is 1. The van der Waals surface area contributed by atoms with Gasteiger partial charge in [0.15, 0.2) is 23.4 Å². The number of rotatable bonds is 3. The Kier molecular flexibility index (Phi) is 2.90. The summed E-state index contributed by atoms with van der Waals surface area (Å²) in [5.74, 6) is 1.68. The van der Waals surface area contributed by atoms with Crippen molar-refractivity contribution in [2.24, 2.45) is 10.9 Å². The number of hydrogen-bond donors (Lipinski definition) is 1. The summed E-state index contributed by atoms with van der Waals surface area (Å²) in [7, 11) is 1.60. The lowest BCUT2D eigenvalue weighted by molar-refractivity contribution is -0.133. The van der Waals surface area contributed by atoms with E-state index in [1.54, 1.807) is 7.11 Å². The fourth-order valence-electron chi connectivity index (χ4n) is 4.49. The Balaban J connectivity index is 1.67. The third-order valence-electron chi connectivity index (χ3n) is 6.01. The standard InChI is InChI=1S/C19H21NO4/c1-23-13-5-4-11-8-14(20-9-10-2-3-10)19(22)7-6-12(21)17-16(19)15(11)18(13)24-17/h4-5,10,16-17,22H,2-3,6-9H2,1H3/t16?,17?,19-/m1/s1.